The molecule has 2 amide bonds. The molecule has 0 atom stereocenters. The molecule has 0 aromatic heterocycles. The second-order valence-electron chi connectivity index (χ2n) is 5.70. The van der Waals surface area contributed by atoms with Crippen molar-refractivity contribution in [2.75, 3.05) is 10.6 Å². The standard InChI is InChI=1S/C14H18N2O2/c1-9-4-5-10(15)11(6-9)16-12(17)7-14(2,3)8-13(16)18/h4-6H,7-8,15H2,1-3H3. The van der Waals surface area contributed by atoms with Crippen LogP contribution < -0.4 is 10.6 Å². The molecule has 0 saturated carbocycles. The number of nitrogens with two attached hydrogens (primary N) is 1. The van der Waals surface area contributed by atoms with E-state index in [4.69, 9.17) is 5.73 Å². The summed E-state index contributed by atoms with van der Waals surface area (Å²) in [6.07, 6.45) is 0.734. The van der Waals surface area contributed by atoms with Crippen LogP contribution in [-0.2, 0) is 9.59 Å². The quantitative estimate of drug-likeness (QED) is 0.610. The van der Waals surface area contributed by atoms with E-state index in [1.165, 1.54) is 4.90 Å². The van der Waals surface area contributed by atoms with Crippen molar-refractivity contribution in [3.05, 3.63) is 23.8 Å². The summed E-state index contributed by atoms with van der Waals surface area (Å²) in [6.45, 7) is 5.77. The summed E-state index contributed by atoms with van der Waals surface area (Å²) in [6, 6.07) is 5.37. The summed E-state index contributed by atoms with van der Waals surface area (Å²) < 4.78 is 0. The third kappa shape index (κ3) is 2.23. The van der Waals surface area contributed by atoms with E-state index in [1.54, 1.807) is 12.1 Å². The first-order chi connectivity index (χ1) is 8.30. The minimum absolute atomic E-state index is 0.173. The first-order valence-corrected chi connectivity index (χ1v) is 6.02. The van der Waals surface area contributed by atoms with Crippen LogP contribution in [0.4, 0.5) is 11.4 Å². The number of amides is 2. The molecular weight excluding hydrogens is 228 g/mol. The van der Waals surface area contributed by atoms with Crippen molar-refractivity contribution < 1.29 is 9.59 Å². The number of carbonyl (C=O) groups excluding carboxylic acids is 2. The second-order valence-corrected chi connectivity index (χ2v) is 5.70. The largest absolute Gasteiger partial charge is 0.397 e. The second kappa shape index (κ2) is 4.12. The average Bonchev–Trinajstić information content (AvgIpc) is 2.20. The van der Waals surface area contributed by atoms with Gasteiger partial charge in [0.15, 0.2) is 0 Å². The van der Waals surface area contributed by atoms with Crippen molar-refractivity contribution in [3.8, 4) is 0 Å². The highest BCUT2D eigenvalue weighted by atomic mass is 16.2. The molecule has 4 nitrogen and oxygen atoms in total. The van der Waals surface area contributed by atoms with Crippen molar-refractivity contribution in [1.82, 2.24) is 0 Å². The summed E-state index contributed by atoms with van der Waals surface area (Å²) in [5, 5.41) is 0. The molecule has 1 fully saturated rings. The monoisotopic (exact) mass is 246 g/mol. The van der Waals surface area contributed by atoms with Crippen LogP contribution in [0.1, 0.15) is 32.3 Å². The zero-order chi connectivity index (χ0) is 13.5. The van der Waals surface area contributed by atoms with Crippen molar-refractivity contribution in [2.24, 2.45) is 5.41 Å². The van der Waals surface area contributed by atoms with E-state index in [1.807, 2.05) is 26.8 Å². The molecule has 4 heteroatoms. The first kappa shape index (κ1) is 12.6. The third-order valence-corrected chi connectivity index (χ3v) is 3.19. The van der Waals surface area contributed by atoms with Gasteiger partial charge in [0, 0.05) is 12.8 Å². The minimum Gasteiger partial charge on any atom is -0.397 e. The van der Waals surface area contributed by atoms with Gasteiger partial charge in [-0.2, -0.15) is 0 Å². The molecule has 2 N–H and O–H groups in total. The Kier molecular flexibility index (Phi) is 2.89. The molecule has 0 spiro atoms. The Morgan fingerprint density at radius 3 is 2.28 bits per heavy atom. The molecule has 1 aliphatic rings. The number of piperidine rings is 1. The van der Waals surface area contributed by atoms with Crippen LogP contribution in [0.15, 0.2) is 18.2 Å². The SMILES string of the molecule is Cc1ccc(N)c(N2C(=O)CC(C)(C)CC2=O)c1. The highest BCUT2D eigenvalue weighted by Crippen LogP contribution is 2.36. The fourth-order valence-electron chi connectivity index (χ4n) is 2.29. The number of hydrogen-bond donors (Lipinski definition) is 1. The number of carbonyl (C=O) groups is 2. The fourth-order valence-corrected chi connectivity index (χ4v) is 2.29. The zero-order valence-corrected chi connectivity index (χ0v) is 11.0. The fraction of sp³-hybridized carbons (Fsp3) is 0.429. The molecule has 0 bridgehead atoms. The third-order valence-electron chi connectivity index (χ3n) is 3.19. The molecule has 1 aromatic rings. The van der Waals surface area contributed by atoms with E-state index < -0.39 is 0 Å². The molecule has 1 aromatic carbocycles. The number of nitrogens with zero attached hydrogens (tertiary/aromatic N) is 1. The lowest BCUT2D eigenvalue weighted by Crippen LogP contribution is -2.46. The Bertz CT molecular complexity index is 501. The van der Waals surface area contributed by atoms with Gasteiger partial charge in [-0.05, 0) is 30.0 Å². The van der Waals surface area contributed by atoms with Gasteiger partial charge in [0.05, 0.1) is 11.4 Å². The number of aryl methyl sites for hydroxylation is 1. The lowest BCUT2D eigenvalue weighted by atomic mass is 9.81. The zero-order valence-electron chi connectivity index (χ0n) is 11.0. The van der Waals surface area contributed by atoms with Gasteiger partial charge < -0.3 is 5.73 Å². The van der Waals surface area contributed by atoms with Gasteiger partial charge in [0.1, 0.15) is 0 Å². The van der Waals surface area contributed by atoms with Gasteiger partial charge >= 0.3 is 0 Å². The van der Waals surface area contributed by atoms with Crippen LogP contribution in [0, 0.1) is 12.3 Å². The van der Waals surface area contributed by atoms with E-state index in [-0.39, 0.29) is 17.2 Å². The Morgan fingerprint density at radius 1 is 1.17 bits per heavy atom. The number of anilines is 2. The summed E-state index contributed by atoms with van der Waals surface area (Å²) in [7, 11) is 0. The molecule has 1 aliphatic heterocycles. The number of imide groups is 1. The van der Waals surface area contributed by atoms with E-state index in [0.29, 0.717) is 24.2 Å². The maximum absolute atomic E-state index is 12.1. The molecule has 96 valence electrons. The van der Waals surface area contributed by atoms with Crippen molar-refractivity contribution in [3.63, 3.8) is 0 Å². The molecule has 1 heterocycles. The summed E-state index contributed by atoms with van der Waals surface area (Å²) >= 11 is 0. The number of benzene rings is 1. The van der Waals surface area contributed by atoms with Gasteiger partial charge in [-0.25, -0.2) is 4.90 Å². The number of hydrogen-bond acceptors (Lipinski definition) is 3. The van der Waals surface area contributed by atoms with Crippen LogP contribution in [0.5, 0.6) is 0 Å². The maximum atomic E-state index is 12.1. The molecular formula is C14H18N2O2. The average molecular weight is 246 g/mol. The van der Waals surface area contributed by atoms with Gasteiger partial charge in [-0.15, -0.1) is 0 Å². The highest BCUT2D eigenvalue weighted by molar-refractivity contribution is 6.18. The smallest absolute Gasteiger partial charge is 0.234 e. The van der Waals surface area contributed by atoms with Gasteiger partial charge in [-0.1, -0.05) is 19.9 Å². The highest BCUT2D eigenvalue weighted by Gasteiger charge is 2.38. The van der Waals surface area contributed by atoms with Crippen molar-refractivity contribution in [1.29, 1.82) is 0 Å². The summed E-state index contributed by atoms with van der Waals surface area (Å²) in [5.74, 6) is -0.345. The minimum atomic E-state index is -0.261. The molecule has 0 unspecified atom stereocenters. The molecule has 2 rings (SSSR count). The Balaban J connectivity index is 2.42. The van der Waals surface area contributed by atoms with E-state index in [0.717, 1.165) is 5.56 Å². The van der Waals surface area contributed by atoms with E-state index >= 15 is 0 Å². The van der Waals surface area contributed by atoms with Crippen LogP contribution in [-0.4, -0.2) is 11.8 Å². The normalized spacial score (nSPS) is 19.2. The predicted octanol–water partition coefficient (Wildman–Crippen LogP) is 2.26. The lowest BCUT2D eigenvalue weighted by molar-refractivity contribution is -0.132. The van der Waals surface area contributed by atoms with Crippen LogP contribution >= 0.6 is 0 Å². The Labute approximate surface area is 107 Å². The first-order valence-electron chi connectivity index (χ1n) is 6.02. The molecule has 1 saturated heterocycles. The molecule has 18 heavy (non-hydrogen) atoms. The predicted molar refractivity (Wildman–Crippen MR) is 71.1 cm³/mol. The molecule has 0 aliphatic carbocycles. The van der Waals surface area contributed by atoms with Gasteiger partial charge in [0.25, 0.3) is 0 Å². The van der Waals surface area contributed by atoms with E-state index in [2.05, 4.69) is 0 Å². The van der Waals surface area contributed by atoms with Crippen LogP contribution in [0.2, 0.25) is 0 Å². The summed E-state index contributed by atoms with van der Waals surface area (Å²) in [5.41, 5.74) is 7.56. The Morgan fingerprint density at radius 2 is 1.72 bits per heavy atom. The Hall–Kier alpha value is -1.84. The summed E-state index contributed by atoms with van der Waals surface area (Å²) in [4.78, 5) is 25.5. The van der Waals surface area contributed by atoms with Crippen LogP contribution in [0.3, 0.4) is 0 Å². The van der Waals surface area contributed by atoms with E-state index in [9.17, 15) is 9.59 Å². The van der Waals surface area contributed by atoms with Crippen molar-refractivity contribution in [2.45, 2.75) is 33.6 Å². The maximum Gasteiger partial charge on any atom is 0.234 e. The molecule has 0 radical (unpaired) electrons. The topological polar surface area (TPSA) is 63.4 Å². The number of nitrogen functional groups attached to an aromatic ring is 1. The lowest BCUT2D eigenvalue weighted by Gasteiger charge is -2.35. The van der Waals surface area contributed by atoms with Gasteiger partial charge in [0.2, 0.25) is 11.8 Å². The number of rotatable bonds is 1. The van der Waals surface area contributed by atoms with Gasteiger partial charge in [-0.3, -0.25) is 9.59 Å². The van der Waals surface area contributed by atoms with Crippen molar-refractivity contribution >= 4 is 23.2 Å². The van der Waals surface area contributed by atoms with Crippen LogP contribution in [0.25, 0.3) is 0 Å².